The van der Waals surface area contributed by atoms with Crippen molar-refractivity contribution >= 4 is 27.2 Å². The van der Waals surface area contributed by atoms with E-state index in [1.165, 1.54) is 11.3 Å². The van der Waals surface area contributed by atoms with Crippen molar-refractivity contribution in [2.75, 3.05) is 25.1 Å². The lowest BCUT2D eigenvalue weighted by Crippen LogP contribution is -2.51. The highest BCUT2D eigenvalue weighted by Crippen LogP contribution is 2.27. The fourth-order valence-electron chi connectivity index (χ4n) is 3.60. The number of aromatic nitrogens is 4. The molecule has 0 spiro atoms. The van der Waals surface area contributed by atoms with Crippen LogP contribution in [0.1, 0.15) is 24.1 Å². The van der Waals surface area contributed by atoms with Gasteiger partial charge in [0.15, 0.2) is 5.82 Å². The largest absolute Gasteiger partial charge is 0.378 e. The van der Waals surface area contributed by atoms with Gasteiger partial charge in [0.05, 0.1) is 33.9 Å². The summed E-state index contributed by atoms with van der Waals surface area (Å²) < 4.78 is 8.10. The number of methoxy groups -OCH3 is 1. The van der Waals surface area contributed by atoms with Crippen LogP contribution in [-0.4, -0.2) is 46.1 Å². The fourth-order valence-corrected chi connectivity index (χ4v) is 4.38. The molecular weight excluding hydrogens is 386 g/mol. The van der Waals surface area contributed by atoms with Crippen LogP contribution >= 0.6 is 11.3 Å². The highest BCUT2D eigenvalue weighted by molar-refractivity contribution is 7.16. The quantitative estimate of drug-likeness (QED) is 0.550. The fraction of sp³-hybridized carbons (Fsp3) is 0.286. The number of anilines is 1. The number of hydrogen-bond acceptors (Lipinski definition) is 6. The zero-order chi connectivity index (χ0) is 20.0. The molecule has 1 aromatic carbocycles. The molecule has 1 N–H and O–H groups in total. The summed E-state index contributed by atoms with van der Waals surface area (Å²) in [6, 6.07) is 12.1. The summed E-state index contributed by atoms with van der Waals surface area (Å²) in [5, 5.41) is 4.73. The molecule has 1 aliphatic heterocycles. The van der Waals surface area contributed by atoms with Gasteiger partial charge < -0.3 is 14.6 Å². The van der Waals surface area contributed by atoms with Crippen molar-refractivity contribution in [3.8, 4) is 5.82 Å². The molecule has 1 saturated heterocycles. The van der Waals surface area contributed by atoms with E-state index in [0.29, 0.717) is 6.10 Å². The maximum absolute atomic E-state index is 11.6. The molecule has 0 radical (unpaired) electrons. The average molecular weight is 407 g/mol. The number of aromatic amines is 1. The lowest BCUT2D eigenvalue weighted by atomic mass is 9.98. The van der Waals surface area contributed by atoms with Gasteiger partial charge in [-0.25, -0.2) is 9.67 Å². The lowest BCUT2D eigenvalue weighted by molar-refractivity contribution is 0.0787. The molecule has 29 heavy (non-hydrogen) atoms. The number of thiazole rings is 1. The van der Waals surface area contributed by atoms with Gasteiger partial charge in [0, 0.05) is 32.3 Å². The van der Waals surface area contributed by atoms with Crippen molar-refractivity contribution < 1.29 is 4.74 Å². The highest BCUT2D eigenvalue weighted by Gasteiger charge is 2.26. The second kappa shape index (κ2) is 7.13. The van der Waals surface area contributed by atoms with Gasteiger partial charge in [-0.05, 0) is 35.9 Å². The van der Waals surface area contributed by atoms with Crippen molar-refractivity contribution in [1.82, 2.24) is 19.7 Å². The highest BCUT2D eigenvalue weighted by atomic mass is 32.1. The van der Waals surface area contributed by atoms with E-state index >= 15 is 0 Å². The van der Waals surface area contributed by atoms with E-state index in [2.05, 4.69) is 33.9 Å². The third-order valence-corrected chi connectivity index (χ3v) is 6.36. The number of H-pyrrole nitrogens is 1. The summed E-state index contributed by atoms with van der Waals surface area (Å²) in [5.74, 6) is 0.902. The van der Waals surface area contributed by atoms with Crippen LogP contribution in [0.2, 0.25) is 0 Å². The minimum atomic E-state index is -0.0282. The summed E-state index contributed by atoms with van der Waals surface area (Å²) in [6.07, 6.45) is 4.13. The first kappa shape index (κ1) is 18.1. The van der Waals surface area contributed by atoms with Crippen LogP contribution in [0, 0.1) is 0 Å². The van der Waals surface area contributed by atoms with Crippen LogP contribution in [-0.2, 0) is 4.74 Å². The second-order valence-corrected chi connectivity index (χ2v) is 8.33. The van der Waals surface area contributed by atoms with Crippen LogP contribution in [0.25, 0.3) is 16.0 Å². The van der Waals surface area contributed by atoms with Gasteiger partial charge in [-0.2, -0.15) is 5.10 Å². The minimum absolute atomic E-state index is 0.0282. The Morgan fingerprint density at radius 2 is 2.10 bits per heavy atom. The van der Waals surface area contributed by atoms with Crippen LogP contribution in [0.15, 0.2) is 53.6 Å². The molecule has 4 aromatic rings. The molecule has 148 valence electrons. The van der Waals surface area contributed by atoms with E-state index in [1.807, 2.05) is 36.7 Å². The normalized spacial score (nSPS) is 15.6. The van der Waals surface area contributed by atoms with Gasteiger partial charge in [0.1, 0.15) is 0 Å². The third-order valence-electron chi connectivity index (χ3n) is 5.51. The third kappa shape index (κ3) is 3.34. The Bertz CT molecular complexity index is 1200. The van der Waals surface area contributed by atoms with Crippen molar-refractivity contribution in [2.45, 2.75) is 18.9 Å². The van der Waals surface area contributed by atoms with Crippen LogP contribution in [0.3, 0.4) is 0 Å². The van der Waals surface area contributed by atoms with Crippen molar-refractivity contribution in [2.24, 2.45) is 0 Å². The van der Waals surface area contributed by atoms with Crippen molar-refractivity contribution in [1.29, 1.82) is 0 Å². The zero-order valence-electron chi connectivity index (χ0n) is 16.2. The predicted octanol–water partition coefficient (Wildman–Crippen LogP) is 3.16. The molecule has 8 heteroatoms. The first-order valence-corrected chi connectivity index (χ1v) is 10.3. The number of fused-ring (bicyclic) bond motifs is 1. The van der Waals surface area contributed by atoms with Crippen molar-refractivity contribution in [3.63, 3.8) is 0 Å². The molecule has 0 amide bonds. The Hall–Kier alpha value is -2.97. The topological polar surface area (TPSA) is 76.0 Å². The molecule has 7 nitrogen and oxygen atoms in total. The molecule has 3 aromatic heterocycles. The zero-order valence-corrected chi connectivity index (χ0v) is 17.0. The Morgan fingerprint density at radius 1 is 1.24 bits per heavy atom. The average Bonchev–Trinajstić information content (AvgIpc) is 3.32. The first-order valence-electron chi connectivity index (χ1n) is 9.53. The lowest BCUT2D eigenvalue weighted by Gasteiger charge is -2.39. The van der Waals surface area contributed by atoms with E-state index in [9.17, 15) is 4.79 Å². The molecule has 1 unspecified atom stereocenters. The molecule has 0 saturated carbocycles. The van der Waals surface area contributed by atoms with E-state index in [0.717, 1.165) is 46.1 Å². The maximum atomic E-state index is 11.6. The predicted molar refractivity (Wildman–Crippen MR) is 114 cm³/mol. The second-order valence-electron chi connectivity index (χ2n) is 7.31. The summed E-state index contributed by atoms with van der Waals surface area (Å²) in [7, 11) is 1.75. The number of benzene rings is 1. The van der Waals surface area contributed by atoms with Gasteiger partial charge in [0.2, 0.25) is 0 Å². The monoisotopic (exact) mass is 407 g/mol. The summed E-state index contributed by atoms with van der Waals surface area (Å²) in [4.78, 5) is 21.2. The summed E-state index contributed by atoms with van der Waals surface area (Å²) in [6.45, 7) is 3.93. The van der Waals surface area contributed by atoms with E-state index < -0.39 is 0 Å². The first-order chi connectivity index (χ1) is 14.1. The molecule has 1 atom stereocenters. The summed E-state index contributed by atoms with van der Waals surface area (Å²) in [5.41, 5.74) is 4.07. The van der Waals surface area contributed by atoms with E-state index in [-0.39, 0.29) is 10.8 Å². The number of rotatable bonds is 5. The molecule has 4 heterocycles. The minimum Gasteiger partial charge on any atom is -0.378 e. The Kier molecular flexibility index (Phi) is 4.44. The molecule has 0 bridgehead atoms. The van der Waals surface area contributed by atoms with Gasteiger partial charge in [-0.1, -0.05) is 24.3 Å². The number of ether oxygens (including phenoxy) is 1. The van der Waals surface area contributed by atoms with Gasteiger partial charge in [0.25, 0.3) is 0 Å². The van der Waals surface area contributed by atoms with Crippen LogP contribution < -0.4 is 9.77 Å². The van der Waals surface area contributed by atoms with E-state index in [4.69, 9.17) is 9.84 Å². The van der Waals surface area contributed by atoms with Crippen LogP contribution in [0.5, 0.6) is 0 Å². The van der Waals surface area contributed by atoms with Crippen LogP contribution in [0.4, 0.5) is 5.69 Å². The molecular formula is C21H21N5O2S. The Morgan fingerprint density at radius 3 is 2.86 bits per heavy atom. The Balaban J connectivity index is 1.34. The van der Waals surface area contributed by atoms with E-state index in [1.54, 1.807) is 11.8 Å². The standard InChI is InChI=1S/C21H21N5O2S/c1-13(14-3-5-18-19(9-14)29-21(27)23-18)17-7-8-26(24-17)20-6-4-15(10-22-20)25-11-16(12-25)28-2/h3-10,13,16H,11-12H2,1-2H3,(H,23,27). The van der Waals surface area contributed by atoms with Crippen molar-refractivity contribution in [3.05, 3.63) is 69.7 Å². The number of pyridine rings is 1. The Labute approximate surface area is 171 Å². The molecule has 0 aliphatic carbocycles. The smallest absolute Gasteiger partial charge is 0.305 e. The number of nitrogens with zero attached hydrogens (tertiary/aromatic N) is 4. The molecule has 1 fully saturated rings. The SMILES string of the molecule is COC1CN(c2ccc(-n3ccc(C(C)c4ccc5[nH]c(=O)sc5c4)n3)nc2)C1. The molecule has 1 aliphatic rings. The maximum Gasteiger partial charge on any atom is 0.305 e. The van der Waals surface area contributed by atoms with Gasteiger partial charge in [-0.3, -0.25) is 4.79 Å². The van der Waals surface area contributed by atoms with Gasteiger partial charge >= 0.3 is 4.87 Å². The number of hydrogen-bond donors (Lipinski definition) is 1. The number of nitrogens with one attached hydrogen (secondary N) is 1. The molecule has 5 rings (SSSR count). The summed E-state index contributed by atoms with van der Waals surface area (Å²) >= 11 is 1.23. The van der Waals surface area contributed by atoms with Gasteiger partial charge in [-0.15, -0.1) is 0 Å².